The Morgan fingerprint density at radius 3 is 1.94 bits per heavy atom. The average molecular weight is 264 g/mol. The second-order valence-electron chi connectivity index (χ2n) is 3.22. The first kappa shape index (κ1) is 12.4. The van der Waals surface area contributed by atoms with E-state index in [4.69, 9.17) is 8.37 Å². The van der Waals surface area contributed by atoms with Crippen LogP contribution in [0.4, 0.5) is 0 Å². The van der Waals surface area contributed by atoms with Crippen molar-refractivity contribution in [2.75, 3.05) is 7.11 Å². The highest BCUT2D eigenvalue weighted by atomic mass is 32.2. The van der Waals surface area contributed by atoms with Crippen LogP contribution in [0, 0.1) is 0 Å². The summed E-state index contributed by atoms with van der Waals surface area (Å²) in [4.78, 5) is 2.14. The molecule has 0 aliphatic heterocycles. The minimum atomic E-state index is 0.852. The quantitative estimate of drug-likeness (QED) is 0.743. The van der Waals surface area contributed by atoms with E-state index in [0.717, 1.165) is 15.5 Å². The molecule has 0 aliphatic carbocycles. The lowest BCUT2D eigenvalue weighted by molar-refractivity contribution is 0.414. The first-order valence-corrected chi connectivity index (χ1v) is 6.57. The number of methoxy groups -OCH3 is 1. The molecule has 2 aromatic carbocycles. The molecule has 0 heterocycles. The predicted molar refractivity (Wildman–Crippen MR) is 72.2 cm³/mol. The molecule has 0 amide bonds. The van der Waals surface area contributed by atoms with Crippen molar-refractivity contribution in [3.63, 3.8) is 0 Å². The molecule has 0 radical (unpaired) electrons. The summed E-state index contributed by atoms with van der Waals surface area (Å²) in [6, 6.07) is 17.8. The first-order valence-electron chi connectivity index (χ1n) is 5.09. The van der Waals surface area contributed by atoms with E-state index in [2.05, 4.69) is 0 Å². The van der Waals surface area contributed by atoms with E-state index in [1.54, 1.807) is 7.11 Å². The lowest BCUT2D eigenvalue weighted by Crippen LogP contribution is -1.81. The van der Waals surface area contributed by atoms with Gasteiger partial charge >= 0.3 is 0 Å². The average Bonchev–Trinajstić information content (AvgIpc) is 2.41. The molecule has 17 heavy (non-hydrogen) atoms. The van der Waals surface area contributed by atoms with Gasteiger partial charge in [-0.3, -0.25) is 0 Å². The summed E-state index contributed by atoms with van der Waals surface area (Å²) in [5, 5.41) is 0. The molecule has 0 bridgehead atoms. The molecule has 0 aliphatic rings. The summed E-state index contributed by atoms with van der Waals surface area (Å²) in [6.45, 7) is 0. The molecular formula is C13H12O2S2. The molecule has 0 N–H and O–H groups in total. The Morgan fingerprint density at radius 2 is 1.35 bits per heavy atom. The lowest BCUT2D eigenvalue weighted by atomic mass is 10.3. The van der Waals surface area contributed by atoms with Crippen LogP contribution in [0.25, 0.3) is 0 Å². The Bertz CT molecular complexity index is 443. The highest BCUT2D eigenvalue weighted by Crippen LogP contribution is 2.30. The molecule has 0 aromatic heterocycles. The van der Waals surface area contributed by atoms with E-state index < -0.39 is 0 Å². The fourth-order valence-corrected chi connectivity index (χ4v) is 2.48. The van der Waals surface area contributed by atoms with Crippen LogP contribution >= 0.6 is 24.1 Å². The second-order valence-corrected chi connectivity index (χ2v) is 5.04. The van der Waals surface area contributed by atoms with E-state index in [1.807, 2.05) is 54.6 Å². The molecule has 0 saturated carbocycles. The molecule has 0 unspecified atom stereocenters. The van der Waals surface area contributed by atoms with Crippen molar-refractivity contribution in [2.24, 2.45) is 0 Å². The third kappa shape index (κ3) is 4.00. The van der Waals surface area contributed by atoms with E-state index in [0.29, 0.717) is 0 Å². The fourth-order valence-electron chi connectivity index (χ4n) is 1.20. The van der Waals surface area contributed by atoms with Crippen molar-refractivity contribution in [3.05, 3.63) is 54.6 Å². The van der Waals surface area contributed by atoms with Crippen LogP contribution < -0.4 is 4.74 Å². The summed E-state index contributed by atoms with van der Waals surface area (Å²) < 4.78 is 10.6. The minimum absolute atomic E-state index is 0.852. The largest absolute Gasteiger partial charge is 0.497 e. The van der Waals surface area contributed by atoms with Crippen LogP contribution in [0.5, 0.6) is 5.75 Å². The number of rotatable bonds is 5. The van der Waals surface area contributed by atoms with Crippen molar-refractivity contribution in [2.45, 2.75) is 9.79 Å². The number of benzene rings is 2. The van der Waals surface area contributed by atoms with Crippen molar-refractivity contribution in [3.8, 4) is 5.75 Å². The molecule has 2 rings (SSSR count). The summed E-state index contributed by atoms with van der Waals surface area (Å²) in [7, 11) is 1.66. The fraction of sp³-hybridized carbons (Fsp3) is 0.0769. The Labute approximate surface area is 110 Å². The maximum absolute atomic E-state index is 5.47. The summed E-state index contributed by atoms with van der Waals surface area (Å²) in [6.07, 6.45) is 0. The van der Waals surface area contributed by atoms with Crippen molar-refractivity contribution in [1.29, 1.82) is 0 Å². The number of hydrogen-bond donors (Lipinski definition) is 0. The van der Waals surface area contributed by atoms with E-state index in [-0.39, 0.29) is 0 Å². The molecule has 0 fully saturated rings. The first-order chi connectivity index (χ1) is 8.38. The summed E-state index contributed by atoms with van der Waals surface area (Å²) in [5.41, 5.74) is 0. The van der Waals surface area contributed by atoms with Crippen molar-refractivity contribution in [1.82, 2.24) is 0 Å². The third-order valence-corrected chi connectivity index (χ3v) is 3.54. The number of ether oxygens (including phenoxy) is 1. The van der Waals surface area contributed by atoms with Gasteiger partial charge in [0.15, 0.2) is 0 Å². The standard InChI is InChI=1S/C13H12O2S2/c1-14-11-7-9-13(10-8-11)17-15-16-12-5-3-2-4-6-12/h2-10H,1H3. The minimum Gasteiger partial charge on any atom is -0.497 e. The smallest absolute Gasteiger partial charge is 0.118 e. The normalized spacial score (nSPS) is 10.2. The maximum Gasteiger partial charge on any atom is 0.118 e. The van der Waals surface area contributed by atoms with E-state index >= 15 is 0 Å². The molecule has 0 atom stereocenters. The zero-order chi connectivity index (χ0) is 11.9. The van der Waals surface area contributed by atoms with Crippen LogP contribution in [-0.2, 0) is 3.63 Å². The van der Waals surface area contributed by atoms with Gasteiger partial charge < -0.3 is 4.74 Å². The van der Waals surface area contributed by atoms with Gasteiger partial charge in [0.2, 0.25) is 0 Å². The summed E-state index contributed by atoms with van der Waals surface area (Å²) >= 11 is 2.70. The van der Waals surface area contributed by atoms with Crippen LogP contribution in [0.1, 0.15) is 0 Å². The van der Waals surface area contributed by atoms with Crippen LogP contribution in [-0.4, -0.2) is 7.11 Å². The molecule has 4 heteroatoms. The van der Waals surface area contributed by atoms with Gasteiger partial charge in [0.25, 0.3) is 0 Å². The Kier molecular flexibility index (Phi) is 4.79. The molecule has 88 valence electrons. The molecule has 2 nitrogen and oxygen atoms in total. The van der Waals surface area contributed by atoms with E-state index in [9.17, 15) is 0 Å². The zero-order valence-electron chi connectivity index (χ0n) is 9.33. The van der Waals surface area contributed by atoms with Gasteiger partial charge in [-0.2, -0.15) is 0 Å². The van der Waals surface area contributed by atoms with Gasteiger partial charge in [-0.1, -0.05) is 18.2 Å². The lowest BCUT2D eigenvalue weighted by Gasteiger charge is -2.02. The SMILES string of the molecule is COc1ccc(SOSc2ccccc2)cc1. The van der Waals surface area contributed by atoms with Crippen LogP contribution in [0.2, 0.25) is 0 Å². The molecule has 2 aromatic rings. The van der Waals surface area contributed by atoms with Gasteiger partial charge in [-0.25, -0.2) is 3.63 Å². The molecule has 0 saturated heterocycles. The van der Waals surface area contributed by atoms with Crippen molar-refractivity contribution < 1.29 is 8.37 Å². The highest BCUT2D eigenvalue weighted by Gasteiger charge is 1.98. The van der Waals surface area contributed by atoms with E-state index in [1.165, 1.54) is 24.1 Å². The van der Waals surface area contributed by atoms with Crippen LogP contribution in [0.3, 0.4) is 0 Å². The summed E-state index contributed by atoms with van der Waals surface area (Å²) in [5.74, 6) is 0.852. The molecular weight excluding hydrogens is 252 g/mol. The predicted octanol–water partition coefficient (Wildman–Crippen LogP) is 4.43. The van der Waals surface area contributed by atoms with Crippen molar-refractivity contribution >= 4 is 24.1 Å². The Morgan fingerprint density at radius 1 is 0.765 bits per heavy atom. The molecule has 0 spiro atoms. The van der Waals surface area contributed by atoms with Gasteiger partial charge in [-0.15, -0.1) is 0 Å². The monoisotopic (exact) mass is 264 g/mol. The highest BCUT2D eigenvalue weighted by molar-refractivity contribution is 8.07. The topological polar surface area (TPSA) is 18.5 Å². The van der Waals surface area contributed by atoms with Gasteiger partial charge in [0, 0.05) is 33.9 Å². The third-order valence-electron chi connectivity index (χ3n) is 2.06. The maximum atomic E-state index is 5.47. The van der Waals surface area contributed by atoms with Gasteiger partial charge in [-0.05, 0) is 36.4 Å². The number of hydrogen-bond acceptors (Lipinski definition) is 4. The van der Waals surface area contributed by atoms with Crippen LogP contribution in [0.15, 0.2) is 64.4 Å². The Hall–Kier alpha value is -1.10. The second kappa shape index (κ2) is 6.59. The van der Waals surface area contributed by atoms with Gasteiger partial charge in [0.1, 0.15) is 5.75 Å². The van der Waals surface area contributed by atoms with Gasteiger partial charge in [0.05, 0.1) is 7.11 Å². The Balaban J connectivity index is 1.82. The zero-order valence-corrected chi connectivity index (χ0v) is 11.0.